The Morgan fingerprint density at radius 3 is 3.00 bits per heavy atom. The molecule has 0 aliphatic rings. The first-order valence-corrected chi connectivity index (χ1v) is 8.25. The standard InChI is InChI=1S/C16H16N2O5S/c1-22-8-5-12-17-15-14(16(21)18(12)6-4-13(19)20)10(9-24-15)11-3-2-7-23-11/h2-3,7,9H,4-6,8H2,1H3,(H,19,20). The van der Waals surface area contributed by atoms with Crippen LogP contribution in [0.3, 0.4) is 0 Å². The molecule has 0 atom stereocenters. The van der Waals surface area contributed by atoms with Crippen LogP contribution in [0.2, 0.25) is 0 Å². The van der Waals surface area contributed by atoms with E-state index in [0.717, 1.165) is 0 Å². The molecule has 0 unspecified atom stereocenters. The van der Waals surface area contributed by atoms with Gasteiger partial charge in [0.25, 0.3) is 5.56 Å². The molecule has 8 heteroatoms. The van der Waals surface area contributed by atoms with Crippen molar-refractivity contribution >= 4 is 27.5 Å². The summed E-state index contributed by atoms with van der Waals surface area (Å²) in [7, 11) is 1.57. The third-order valence-electron chi connectivity index (χ3n) is 3.64. The van der Waals surface area contributed by atoms with Gasteiger partial charge in [-0.2, -0.15) is 0 Å². The van der Waals surface area contributed by atoms with Crippen molar-refractivity contribution in [3.05, 3.63) is 40.0 Å². The van der Waals surface area contributed by atoms with Crippen molar-refractivity contribution in [2.75, 3.05) is 13.7 Å². The second-order valence-electron chi connectivity index (χ2n) is 5.18. The molecule has 0 aliphatic heterocycles. The van der Waals surface area contributed by atoms with Crippen LogP contribution in [0.15, 0.2) is 33.0 Å². The van der Waals surface area contributed by atoms with Crippen LogP contribution in [-0.4, -0.2) is 34.3 Å². The van der Waals surface area contributed by atoms with Crippen molar-refractivity contribution in [2.45, 2.75) is 19.4 Å². The van der Waals surface area contributed by atoms with Gasteiger partial charge in [0.05, 0.1) is 24.7 Å². The molecule has 0 spiro atoms. The monoisotopic (exact) mass is 348 g/mol. The lowest BCUT2D eigenvalue weighted by molar-refractivity contribution is -0.137. The molecule has 3 rings (SSSR count). The average molecular weight is 348 g/mol. The zero-order valence-corrected chi connectivity index (χ0v) is 13.8. The predicted molar refractivity (Wildman–Crippen MR) is 89.4 cm³/mol. The summed E-state index contributed by atoms with van der Waals surface area (Å²) >= 11 is 1.37. The summed E-state index contributed by atoms with van der Waals surface area (Å²) in [4.78, 5) is 29.0. The van der Waals surface area contributed by atoms with Crippen molar-refractivity contribution < 1.29 is 19.1 Å². The van der Waals surface area contributed by atoms with Gasteiger partial charge in [0.15, 0.2) is 0 Å². The van der Waals surface area contributed by atoms with Gasteiger partial charge >= 0.3 is 5.97 Å². The highest BCUT2D eigenvalue weighted by Crippen LogP contribution is 2.31. The first kappa shape index (κ1) is 16.4. The van der Waals surface area contributed by atoms with Gasteiger partial charge in [0, 0.05) is 31.0 Å². The number of carboxylic acids is 1. The first-order chi connectivity index (χ1) is 11.6. The fraction of sp³-hybridized carbons (Fsp3) is 0.312. The van der Waals surface area contributed by atoms with E-state index in [0.29, 0.717) is 40.4 Å². The number of fused-ring (bicyclic) bond motifs is 1. The van der Waals surface area contributed by atoms with Gasteiger partial charge < -0.3 is 14.3 Å². The smallest absolute Gasteiger partial charge is 0.305 e. The molecule has 3 aromatic rings. The zero-order chi connectivity index (χ0) is 17.1. The Bertz CT molecular complexity index is 911. The molecule has 0 radical (unpaired) electrons. The second-order valence-corrected chi connectivity index (χ2v) is 6.04. The van der Waals surface area contributed by atoms with Gasteiger partial charge in [-0.05, 0) is 12.1 Å². The van der Waals surface area contributed by atoms with E-state index in [9.17, 15) is 9.59 Å². The number of aliphatic carboxylic acids is 1. The molecular formula is C16H16N2O5S. The Kier molecular flexibility index (Phi) is 4.77. The van der Waals surface area contributed by atoms with Crippen LogP contribution < -0.4 is 5.56 Å². The van der Waals surface area contributed by atoms with Crippen molar-refractivity contribution in [1.29, 1.82) is 0 Å². The van der Waals surface area contributed by atoms with Crippen molar-refractivity contribution in [2.24, 2.45) is 0 Å². The van der Waals surface area contributed by atoms with E-state index < -0.39 is 5.97 Å². The summed E-state index contributed by atoms with van der Waals surface area (Å²) in [5.74, 6) is 0.161. The maximum Gasteiger partial charge on any atom is 0.305 e. The summed E-state index contributed by atoms with van der Waals surface area (Å²) in [6.07, 6.45) is 1.84. The number of hydrogen-bond acceptors (Lipinski definition) is 6. The van der Waals surface area contributed by atoms with E-state index in [1.54, 1.807) is 25.5 Å². The minimum atomic E-state index is -0.962. The minimum Gasteiger partial charge on any atom is -0.481 e. The van der Waals surface area contributed by atoms with Crippen LogP contribution in [0.1, 0.15) is 12.2 Å². The molecule has 126 valence electrons. The molecule has 0 saturated carbocycles. The molecule has 3 aromatic heterocycles. The number of hydrogen-bond donors (Lipinski definition) is 1. The lowest BCUT2D eigenvalue weighted by atomic mass is 10.2. The highest BCUT2D eigenvalue weighted by atomic mass is 32.1. The maximum absolute atomic E-state index is 13.0. The number of rotatable bonds is 7. The van der Waals surface area contributed by atoms with Gasteiger partial charge in [-0.3, -0.25) is 14.2 Å². The number of aromatic nitrogens is 2. The van der Waals surface area contributed by atoms with Gasteiger partial charge in [-0.15, -0.1) is 11.3 Å². The van der Waals surface area contributed by atoms with E-state index in [2.05, 4.69) is 4.98 Å². The highest BCUT2D eigenvalue weighted by Gasteiger charge is 2.18. The Hall–Kier alpha value is -2.45. The summed E-state index contributed by atoms with van der Waals surface area (Å²) in [5.41, 5.74) is 0.430. The molecule has 24 heavy (non-hydrogen) atoms. The Labute approximate surface area is 141 Å². The lowest BCUT2D eigenvalue weighted by Crippen LogP contribution is -2.27. The molecule has 0 fully saturated rings. The van der Waals surface area contributed by atoms with E-state index in [1.165, 1.54) is 15.9 Å². The van der Waals surface area contributed by atoms with Crippen LogP contribution >= 0.6 is 11.3 Å². The number of ether oxygens (including phenoxy) is 1. The number of carboxylic acid groups (broad SMARTS) is 1. The Morgan fingerprint density at radius 1 is 1.50 bits per heavy atom. The predicted octanol–water partition coefficient (Wildman–Crippen LogP) is 2.38. The van der Waals surface area contributed by atoms with Gasteiger partial charge in [0.2, 0.25) is 0 Å². The molecule has 0 bridgehead atoms. The van der Waals surface area contributed by atoms with Crippen LogP contribution in [0.25, 0.3) is 21.5 Å². The molecule has 0 aliphatic carbocycles. The third kappa shape index (κ3) is 3.10. The molecule has 0 aromatic carbocycles. The fourth-order valence-electron chi connectivity index (χ4n) is 2.50. The average Bonchev–Trinajstić information content (AvgIpc) is 3.20. The number of nitrogens with zero attached hydrogens (tertiary/aromatic N) is 2. The number of thiophene rings is 1. The van der Waals surface area contributed by atoms with E-state index in [4.69, 9.17) is 14.3 Å². The largest absolute Gasteiger partial charge is 0.481 e. The lowest BCUT2D eigenvalue weighted by Gasteiger charge is -2.11. The molecule has 0 saturated heterocycles. The number of methoxy groups -OCH3 is 1. The third-order valence-corrected chi connectivity index (χ3v) is 4.51. The van der Waals surface area contributed by atoms with Gasteiger partial charge in [0.1, 0.15) is 16.4 Å². The van der Waals surface area contributed by atoms with Crippen LogP contribution in [-0.2, 0) is 22.5 Å². The summed E-state index contributed by atoms with van der Waals surface area (Å²) < 4.78 is 11.9. The van der Waals surface area contributed by atoms with Gasteiger partial charge in [-0.1, -0.05) is 0 Å². The molecular weight excluding hydrogens is 332 g/mol. The normalized spacial score (nSPS) is 11.2. The maximum atomic E-state index is 13.0. The van der Waals surface area contributed by atoms with Crippen LogP contribution in [0.5, 0.6) is 0 Å². The van der Waals surface area contributed by atoms with E-state index in [1.807, 2.05) is 5.38 Å². The minimum absolute atomic E-state index is 0.0730. The van der Waals surface area contributed by atoms with Crippen LogP contribution in [0.4, 0.5) is 0 Å². The van der Waals surface area contributed by atoms with E-state index in [-0.39, 0.29) is 18.5 Å². The summed E-state index contributed by atoms with van der Waals surface area (Å²) in [6.45, 7) is 0.477. The summed E-state index contributed by atoms with van der Waals surface area (Å²) in [5, 5.41) is 11.2. The molecule has 3 heterocycles. The Morgan fingerprint density at radius 2 is 2.33 bits per heavy atom. The van der Waals surface area contributed by atoms with Gasteiger partial charge in [-0.25, -0.2) is 4.98 Å². The molecule has 1 N–H and O–H groups in total. The SMILES string of the molecule is COCCc1nc2scc(-c3ccco3)c2c(=O)n1CCC(=O)O. The fourth-order valence-corrected chi connectivity index (χ4v) is 3.44. The van der Waals surface area contributed by atoms with E-state index >= 15 is 0 Å². The molecule has 0 amide bonds. The molecule has 7 nitrogen and oxygen atoms in total. The van der Waals surface area contributed by atoms with Crippen molar-refractivity contribution in [3.63, 3.8) is 0 Å². The van der Waals surface area contributed by atoms with Crippen LogP contribution in [0, 0.1) is 0 Å². The zero-order valence-electron chi connectivity index (χ0n) is 13.0. The number of furan rings is 1. The highest BCUT2D eigenvalue weighted by molar-refractivity contribution is 7.17. The topological polar surface area (TPSA) is 94.6 Å². The second kappa shape index (κ2) is 6.98. The Balaban J connectivity index is 2.16. The summed E-state index contributed by atoms with van der Waals surface area (Å²) in [6, 6.07) is 3.53. The quantitative estimate of drug-likeness (QED) is 0.704. The number of carbonyl (C=O) groups is 1. The van der Waals surface area contributed by atoms with Crippen molar-refractivity contribution in [3.8, 4) is 11.3 Å². The van der Waals surface area contributed by atoms with Crippen molar-refractivity contribution in [1.82, 2.24) is 9.55 Å². The first-order valence-electron chi connectivity index (χ1n) is 7.37.